The van der Waals surface area contributed by atoms with E-state index < -0.39 is 6.04 Å². The molecule has 4 aromatic heterocycles. The molecule has 0 aliphatic rings. The van der Waals surface area contributed by atoms with E-state index >= 15 is 0 Å². The maximum atomic E-state index is 13.8. The number of pyridine rings is 1. The second kappa shape index (κ2) is 8.88. The zero-order chi connectivity index (χ0) is 24.5. The van der Waals surface area contributed by atoms with E-state index in [4.69, 9.17) is 4.98 Å². The first kappa shape index (κ1) is 22.0. The normalized spacial score (nSPS) is 11.7. The molecule has 4 heterocycles. The number of hydrogen-bond donors (Lipinski definition) is 1. The Hall–Kier alpha value is -4.77. The van der Waals surface area contributed by atoms with Gasteiger partial charge in [-0.1, -0.05) is 42.3 Å². The lowest BCUT2D eigenvalue weighted by Gasteiger charge is -2.18. The van der Waals surface area contributed by atoms with E-state index in [2.05, 4.69) is 27.2 Å². The number of aryl methyl sites for hydroxylation is 1. The Balaban J connectivity index is 1.66. The Morgan fingerprint density at radius 2 is 1.89 bits per heavy atom. The number of carbonyl (C=O) groups is 1. The van der Waals surface area contributed by atoms with Gasteiger partial charge in [-0.2, -0.15) is 5.10 Å². The Morgan fingerprint density at radius 3 is 2.66 bits per heavy atom. The van der Waals surface area contributed by atoms with Crippen LogP contribution in [0.1, 0.15) is 47.3 Å². The molecule has 0 spiro atoms. The lowest BCUT2D eigenvalue weighted by Crippen LogP contribution is -2.31. The highest BCUT2D eigenvalue weighted by Gasteiger charge is 2.25. The number of amides is 1. The summed E-state index contributed by atoms with van der Waals surface area (Å²) < 4.78 is 3.08. The van der Waals surface area contributed by atoms with Crippen molar-refractivity contribution in [3.05, 3.63) is 100.0 Å². The summed E-state index contributed by atoms with van der Waals surface area (Å²) >= 11 is 0. The highest BCUT2D eigenvalue weighted by atomic mass is 16.2. The zero-order valence-corrected chi connectivity index (χ0v) is 19.5. The van der Waals surface area contributed by atoms with Crippen molar-refractivity contribution in [1.82, 2.24) is 29.3 Å². The molecule has 8 nitrogen and oxygen atoms in total. The zero-order valence-electron chi connectivity index (χ0n) is 19.5. The molecule has 172 valence electrons. The molecule has 8 heteroatoms. The van der Waals surface area contributed by atoms with Crippen LogP contribution < -0.4 is 10.9 Å². The van der Waals surface area contributed by atoms with Crippen molar-refractivity contribution in [2.45, 2.75) is 26.8 Å². The molecule has 0 aliphatic carbocycles. The number of nitrogens with zero attached hydrogens (tertiary/aromatic N) is 5. The smallest absolute Gasteiger partial charge is 0.267 e. The third kappa shape index (κ3) is 3.83. The minimum Gasteiger partial charge on any atom is -0.344 e. The first-order chi connectivity index (χ1) is 17.0. The van der Waals surface area contributed by atoms with E-state index in [1.807, 2.05) is 43.3 Å². The molecule has 0 saturated carbocycles. The van der Waals surface area contributed by atoms with E-state index in [-0.39, 0.29) is 11.5 Å². The van der Waals surface area contributed by atoms with Gasteiger partial charge in [0.25, 0.3) is 11.5 Å². The summed E-state index contributed by atoms with van der Waals surface area (Å²) in [4.78, 5) is 36.3. The van der Waals surface area contributed by atoms with Crippen LogP contribution in [0.4, 0.5) is 0 Å². The van der Waals surface area contributed by atoms with Crippen LogP contribution in [0.15, 0.2) is 71.8 Å². The van der Waals surface area contributed by atoms with Gasteiger partial charge in [0.1, 0.15) is 16.9 Å². The highest BCUT2D eigenvalue weighted by Crippen LogP contribution is 2.25. The molecule has 0 saturated heterocycles. The Morgan fingerprint density at radius 1 is 1.09 bits per heavy atom. The second-order valence-corrected chi connectivity index (χ2v) is 8.07. The van der Waals surface area contributed by atoms with E-state index in [0.29, 0.717) is 45.1 Å². The third-order valence-corrected chi connectivity index (χ3v) is 5.75. The van der Waals surface area contributed by atoms with Gasteiger partial charge in [0, 0.05) is 12.4 Å². The minimum atomic E-state index is -0.575. The van der Waals surface area contributed by atoms with Gasteiger partial charge in [0.15, 0.2) is 5.65 Å². The maximum Gasteiger partial charge on any atom is 0.267 e. The van der Waals surface area contributed by atoms with E-state index in [1.54, 1.807) is 49.0 Å². The molecule has 5 aromatic rings. The summed E-state index contributed by atoms with van der Waals surface area (Å²) in [7, 11) is 0. The van der Waals surface area contributed by atoms with Gasteiger partial charge in [-0.05, 0) is 50.5 Å². The van der Waals surface area contributed by atoms with Crippen molar-refractivity contribution < 1.29 is 4.79 Å². The van der Waals surface area contributed by atoms with Gasteiger partial charge < -0.3 is 5.32 Å². The summed E-state index contributed by atoms with van der Waals surface area (Å²) in [6, 6.07) is 15.9. The lowest BCUT2D eigenvalue weighted by atomic mass is 10.0. The molecule has 1 aromatic carbocycles. The number of nitrogens with one attached hydrogen (secondary N) is 1. The van der Waals surface area contributed by atoms with Crippen molar-refractivity contribution in [2.24, 2.45) is 0 Å². The first-order valence-corrected chi connectivity index (χ1v) is 11.1. The number of aromatic nitrogens is 5. The molecular formula is C27H22N6O2. The van der Waals surface area contributed by atoms with Crippen LogP contribution in [-0.2, 0) is 0 Å². The fourth-order valence-corrected chi connectivity index (χ4v) is 4.21. The van der Waals surface area contributed by atoms with E-state index in [1.165, 1.54) is 4.40 Å². The number of rotatable bonds is 4. The first-order valence-electron chi connectivity index (χ1n) is 11.1. The van der Waals surface area contributed by atoms with Gasteiger partial charge in [-0.3, -0.25) is 14.0 Å². The van der Waals surface area contributed by atoms with Gasteiger partial charge >= 0.3 is 0 Å². The van der Waals surface area contributed by atoms with E-state index in [0.717, 1.165) is 0 Å². The van der Waals surface area contributed by atoms with Crippen LogP contribution in [0.2, 0.25) is 0 Å². The molecule has 1 atom stereocenters. The molecule has 0 radical (unpaired) electrons. The van der Waals surface area contributed by atoms with Crippen molar-refractivity contribution >= 4 is 17.2 Å². The maximum absolute atomic E-state index is 13.8. The Bertz CT molecular complexity index is 1710. The SMILES string of the molecule is CC#Cc1cccc2nc(C(C)NC(=O)c3c(C)nn4cccnc34)c(-c3ccccc3)c(=O)n12. The van der Waals surface area contributed by atoms with Gasteiger partial charge in [0.2, 0.25) is 0 Å². The Kier molecular flexibility index (Phi) is 5.59. The van der Waals surface area contributed by atoms with Crippen LogP contribution >= 0.6 is 0 Å². The lowest BCUT2D eigenvalue weighted by molar-refractivity contribution is 0.0940. The quantitative estimate of drug-likeness (QED) is 0.412. The van der Waals surface area contributed by atoms with Gasteiger partial charge in [-0.15, -0.1) is 0 Å². The number of benzene rings is 1. The molecule has 1 amide bonds. The fraction of sp³-hybridized carbons (Fsp3) is 0.148. The molecule has 1 unspecified atom stereocenters. The molecule has 1 N–H and O–H groups in total. The number of carbonyl (C=O) groups excluding carboxylic acids is 1. The predicted octanol–water partition coefficient (Wildman–Crippen LogP) is 3.58. The number of hydrogen-bond acceptors (Lipinski definition) is 5. The molecule has 35 heavy (non-hydrogen) atoms. The molecule has 0 fully saturated rings. The van der Waals surface area contributed by atoms with Crippen molar-refractivity contribution in [1.29, 1.82) is 0 Å². The van der Waals surface area contributed by atoms with Crippen LogP contribution in [0.3, 0.4) is 0 Å². The average molecular weight is 463 g/mol. The van der Waals surface area contributed by atoms with Gasteiger partial charge in [-0.25, -0.2) is 14.5 Å². The number of fused-ring (bicyclic) bond motifs is 2. The molecular weight excluding hydrogens is 440 g/mol. The summed E-state index contributed by atoms with van der Waals surface area (Å²) in [5.41, 5.74) is 3.77. The Labute approximate surface area is 201 Å². The second-order valence-electron chi connectivity index (χ2n) is 8.07. The van der Waals surface area contributed by atoms with Crippen LogP contribution in [0, 0.1) is 18.8 Å². The molecule has 0 aliphatic heterocycles. The largest absolute Gasteiger partial charge is 0.344 e. The standard InChI is InChI=1S/C27H22N6O2/c1-4-10-20-13-8-14-21-30-24(23(27(35)33(20)21)19-11-6-5-7-12-19)18(3)29-26(34)22-17(2)31-32-16-9-15-28-25(22)32/h5-9,11-16,18H,1-3H3,(H,29,34). The van der Waals surface area contributed by atoms with Crippen LogP contribution in [0.25, 0.3) is 22.4 Å². The highest BCUT2D eigenvalue weighted by molar-refractivity contribution is 6.01. The summed E-state index contributed by atoms with van der Waals surface area (Å²) in [5.74, 6) is 5.50. The predicted molar refractivity (Wildman–Crippen MR) is 133 cm³/mol. The summed E-state index contributed by atoms with van der Waals surface area (Å²) in [6.45, 7) is 5.30. The molecule has 5 rings (SSSR count). The summed E-state index contributed by atoms with van der Waals surface area (Å²) in [5, 5.41) is 7.38. The summed E-state index contributed by atoms with van der Waals surface area (Å²) in [6.07, 6.45) is 3.36. The third-order valence-electron chi connectivity index (χ3n) is 5.75. The van der Waals surface area contributed by atoms with Crippen LogP contribution in [-0.4, -0.2) is 29.9 Å². The topological polar surface area (TPSA) is 93.7 Å². The minimum absolute atomic E-state index is 0.246. The van der Waals surface area contributed by atoms with Crippen molar-refractivity contribution in [2.75, 3.05) is 0 Å². The molecule has 0 bridgehead atoms. The fourth-order valence-electron chi connectivity index (χ4n) is 4.21. The van der Waals surface area contributed by atoms with Crippen LogP contribution in [0.5, 0.6) is 0 Å². The van der Waals surface area contributed by atoms with E-state index in [9.17, 15) is 9.59 Å². The van der Waals surface area contributed by atoms with Crippen molar-refractivity contribution in [3.8, 4) is 23.0 Å². The average Bonchev–Trinajstić information content (AvgIpc) is 3.20. The van der Waals surface area contributed by atoms with Gasteiger partial charge in [0.05, 0.1) is 23.0 Å². The van der Waals surface area contributed by atoms with Crippen molar-refractivity contribution in [3.63, 3.8) is 0 Å². The monoisotopic (exact) mass is 462 g/mol.